The summed E-state index contributed by atoms with van der Waals surface area (Å²) in [4.78, 5) is 7.80. The average molecular weight is 251 g/mol. The fourth-order valence-electron chi connectivity index (χ4n) is 2.04. The van der Waals surface area contributed by atoms with E-state index in [0.29, 0.717) is 0 Å². The van der Waals surface area contributed by atoms with Crippen molar-refractivity contribution in [3.63, 3.8) is 0 Å². The second-order valence-corrected chi connectivity index (χ2v) is 5.39. The van der Waals surface area contributed by atoms with Gasteiger partial charge in [-0.1, -0.05) is 11.6 Å². The number of rotatable bonds is 2. The molecule has 0 unspecified atom stereocenters. The summed E-state index contributed by atoms with van der Waals surface area (Å²) in [6, 6.07) is 4.07. The van der Waals surface area contributed by atoms with Crippen molar-refractivity contribution in [1.82, 2.24) is 9.88 Å². The number of fused-ring (bicyclic) bond motifs is 1. The van der Waals surface area contributed by atoms with Crippen molar-refractivity contribution in [2.45, 2.75) is 19.6 Å². The SMILES string of the molecule is Clc1ccsc1CN1Cc2ccncc2C1. The van der Waals surface area contributed by atoms with Crippen LogP contribution in [0.5, 0.6) is 0 Å². The molecule has 3 rings (SSSR count). The molecule has 0 spiro atoms. The van der Waals surface area contributed by atoms with E-state index in [0.717, 1.165) is 24.7 Å². The molecule has 0 radical (unpaired) electrons. The highest BCUT2D eigenvalue weighted by atomic mass is 35.5. The third kappa shape index (κ3) is 1.86. The first-order valence-corrected chi connectivity index (χ1v) is 6.44. The van der Waals surface area contributed by atoms with Crippen molar-refractivity contribution < 1.29 is 0 Å². The van der Waals surface area contributed by atoms with Crippen LogP contribution >= 0.6 is 22.9 Å². The Hall–Kier alpha value is -0.900. The standard InChI is InChI=1S/C12H11ClN2S/c13-11-2-4-16-12(11)8-15-6-9-1-3-14-5-10(9)7-15/h1-5H,6-8H2. The number of hydrogen-bond acceptors (Lipinski definition) is 3. The van der Waals surface area contributed by atoms with Crippen LogP contribution in [0.2, 0.25) is 5.02 Å². The highest BCUT2D eigenvalue weighted by Crippen LogP contribution is 2.28. The van der Waals surface area contributed by atoms with E-state index in [2.05, 4.69) is 16.0 Å². The molecular formula is C12H11ClN2S. The van der Waals surface area contributed by atoms with Crippen LogP contribution in [0.1, 0.15) is 16.0 Å². The van der Waals surface area contributed by atoms with Crippen LogP contribution < -0.4 is 0 Å². The summed E-state index contributed by atoms with van der Waals surface area (Å²) in [6.45, 7) is 2.93. The van der Waals surface area contributed by atoms with Crippen LogP contribution in [-0.2, 0) is 19.6 Å². The molecule has 0 aliphatic carbocycles. The largest absolute Gasteiger partial charge is 0.290 e. The molecule has 4 heteroatoms. The maximum Gasteiger partial charge on any atom is 0.0558 e. The van der Waals surface area contributed by atoms with Crippen molar-refractivity contribution in [1.29, 1.82) is 0 Å². The van der Waals surface area contributed by atoms with Crippen LogP contribution in [0, 0.1) is 0 Å². The molecular weight excluding hydrogens is 240 g/mol. The molecule has 82 valence electrons. The third-order valence-corrected chi connectivity index (χ3v) is 4.22. The number of pyridine rings is 1. The van der Waals surface area contributed by atoms with Gasteiger partial charge in [0, 0.05) is 36.9 Å². The summed E-state index contributed by atoms with van der Waals surface area (Å²) < 4.78 is 0. The van der Waals surface area contributed by atoms with Crippen LogP contribution in [0.25, 0.3) is 0 Å². The van der Waals surface area contributed by atoms with E-state index in [1.807, 2.05) is 23.8 Å². The zero-order valence-corrected chi connectivity index (χ0v) is 10.3. The molecule has 2 aromatic heterocycles. The lowest BCUT2D eigenvalue weighted by Crippen LogP contribution is -2.14. The van der Waals surface area contributed by atoms with Crippen LogP contribution in [-0.4, -0.2) is 9.88 Å². The lowest BCUT2D eigenvalue weighted by atomic mass is 10.2. The molecule has 0 saturated carbocycles. The summed E-state index contributed by atoms with van der Waals surface area (Å²) in [6.07, 6.45) is 3.83. The van der Waals surface area contributed by atoms with E-state index in [9.17, 15) is 0 Å². The molecule has 0 aromatic carbocycles. The molecule has 0 saturated heterocycles. The van der Waals surface area contributed by atoms with Gasteiger partial charge in [-0.3, -0.25) is 9.88 Å². The fraction of sp³-hybridized carbons (Fsp3) is 0.250. The molecule has 3 heterocycles. The maximum atomic E-state index is 6.10. The molecule has 1 aliphatic heterocycles. The Kier molecular flexibility index (Phi) is 2.67. The normalized spacial score (nSPS) is 15.3. The van der Waals surface area contributed by atoms with Crippen molar-refractivity contribution >= 4 is 22.9 Å². The Balaban J connectivity index is 1.75. The Labute approximate surface area is 104 Å². The summed E-state index contributed by atoms with van der Waals surface area (Å²) in [5.74, 6) is 0. The molecule has 16 heavy (non-hydrogen) atoms. The Morgan fingerprint density at radius 2 is 2.19 bits per heavy atom. The first-order valence-electron chi connectivity index (χ1n) is 5.19. The van der Waals surface area contributed by atoms with Gasteiger partial charge in [0.25, 0.3) is 0 Å². The second-order valence-electron chi connectivity index (χ2n) is 3.98. The monoisotopic (exact) mass is 250 g/mol. The number of aromatic nitrogens is 1. The van der Waals surface area contributed by atoms with Crippen molar-refractivity contribution in [2.75, 3.05) is 0 Å². The number of hydrogen-bond donors (Lipinski definition) is 0. The molecule has 2 aromatic rings. The first kappa shape index (κ1) is 10.3. The van der Waals surface area contributed by atoms with E-state index in [4.69, 9.17) is 11.6 Å². The Morgan fingerprint density at radius 1 is 1.31 bits per heavy atom. The molecule has 0 amide bonds. The van der Waals surface area contributed by atoms with E-state index >= 15 is 0 Å². The molecule has 0 fully saturated rings. The van der Waals surface area contributed by atoms with Crippen LogP contribution in [0.15, 0.2) is 29.9 Å². The molecule has 2 nitrogen and oxygen atoms in total. The van der Waals surface area contributed by atoms with E-state index in [-0.39, 0.29) is 0 Å². The highest BCUT2D eigenvalue weighted by Gasteiger charge is 2.19. The molecule has 0 bridgehead atoms. The van der Waals surface area contributed by atoms with Gasteiger partial charge in [0.05, 0.1) is 5.02 Å². The molecule has 0 N–H and O–H groups in total. The highest BCUT2D eigenvalue weighted by molar-refractivity contribution is 7.10. The van der Waals surface area contributed by atoms with Gasteiger partial charge in [0.1, 0.15) is 0 Å². The second kappa shape index (κ2) is 4.17. The van der Waals surface area contributed by atoms with Crippen molar-refractivity contribution in [3.05, 3.63) is 50.9 Å². The first-order chi connectivity index (χ1) is 7.83. The predicted molar refractivity (Wildman–Crippen MR) is 66.5 cm³/mol. The van der Waals surface area contributed by atoms with E-state index < -0.39 is 0 Å². The number of thiophene rings is 1. The summed E-state index contributed by atoms with van der Waals surface area (Å²) in [5.41, 5.74) is 2.73. The van der Waals surface area contributed by atoms with E-state index in [1.165, 1.54) is 16.0 Å². The summed E-state index contributed by atoms with van der Waals surface area (Å²) in [5, 5.41) is 2.93. The molecule has 0 atom stereocenters. The number of nitrogens with zero attached hydrogens (tertiary/aromatic N) is 2. The zero-order chi connectivity index (χ0) is 11.0. The lowest BCUT2D eigenvalue weighted by molar-refractivity contribution is 0.278. The minimum atomic E-state index is 0.888. The van der Waals surface area contributed by atoms with Gasteiger partial charge in [-0.2, -0.15) is 0 Å². The predicted octanol–water partition coefficient (Wildman–Crippen LogP) is 3.31. The maximum absolute atomic E-state index is 6.10. The van der Waals surface area contributed by atoms with Gasteiger partial charge in [-0.05, 0) is 28.6 Å². The Morgan fingerprint density at radius 3 is 2.94 bits per heavy atom. The van der Waals surface area contributed by atoms with Gasteiger partial charge >= 0.3 is 0 Å². The van der Waals surface area contributed by atoms with Gasteiger partial charge in [-0.25, -0.2) is 0 Å². The lowest BCUT2D eigenvalue weighted by Gasteiger charge is -2.13. The van der Waals surface area contributed by atoms with Crippen molar-refractivity contribution in [3.8, 4) is 0 Å². The van der Waals surface area contributed by atoms with Gasteiger partial charge < -0.3 is 0 Å². The smallest absolute Gasteiger partial charge is 0.0558 e. The molecule has 1 aliphatic rings. The third-order valence-electron chi connectivity index (χ3n) is 2.85. The topological polar surface area (TPSA) is 16.1 Å². The van der Waals surface area contributed by atoms with Crippen molar-refractivity contribution in [2.24, 2.45) is 0 Å². The van der Waals surface area contributed by atoms with Crippen LogP contribution in [0.3, 0.4) is 0 Å². The van der Waals surface area contributed by atoms with Gasteiger partial charge in [0.2, 0.25) is 0 Å². The van der Waals surface area contributed by atoms with E-state index in [1.54, 1.807) is 11.3 Å². The minimum absolute atomic E-state index is 0.888. The quantitative estimate of drug-likeness (QED) is 0.813. The zero-order valence-electron chi connectivity index (χ0n) is 8.69. The number of halogens is 1. The summed E-state index contributed by atoms with van der Waals surface area (Å²) >= 11 is 7.83. The Bertz CT molecular complexity index is 484. The fourth-order valence-corrected chi connectivity index (χ4v) is 3.18. The minimum Gasteiger partial charge on any atom is -0.290 e. The summed E-state index contributed by atoms with van der Waals surface area (Å²) in [7, 11) is 0. The average Bonchev–Trinajstić information content (AvgIpc) is 2.85. The van der Waals surface area contributed by atoms with Gasteiger partial charge in [-0.15, -0.1) is 11.3 Å². The van der Waals surface area contributed by atoms with Crippen LogP contribution in [0.4, 0.5) is 0 Å². The van der Waals surface area contributed by atoms with Gasteiger partial charge in [0.15, 0.2) is 0 Å².